The second-order valence-corrected chi connectivity index (χ2v) is 5.22. The molecule has 0 aliphatic heterocycles. The zero-order valence-electron chi connectivity index (χ0n) is 10.5. The molecule has 0 saturated heterocycles. The van der Waals surface area contributed by atoms with Crippen molar-refractivity contribution in [1.29, 1.82) is 0 Å². The highest BCUT2D eigenvalue weighted by molar-refractivity contribution is 7.17. The van der Waals surface area contributed by atoms with Crippen molar-refractivity contribution in [1.82, 2.24) is 15.3 Å². The topological polar surface area (TPSA) is 63.8 Å². The number of hydrogen-bond donors (Lipinski definition) is 2. The lowest BCUT2D eigenvalue weighted by Crippen LogP contribution is -2.19. The Balaban J connectivity index is 2.09. The minimum Gasteiger partial charge on any atom is -0.383 e. The standard InChI is InChI=1S/C14H14N4S/c1-16-13(10-3-2-5-17-14(10)15)9-7-12-11(18-8-9)4-6-19-12/h2-8,13,16H,1H3,(H2,15,17). The smallest absolute Gasteiger partial charge is 0.128 e. The van der Waals surface area contributed by atoms with Crippen LogP contribution in [0.25, 0.3) is 10.2 Å². The molecular formula is C14H14N4S. The Labute approximate surface area is 115 Å². The lowest BCUT2D eigenvalue weighted by Gasteiger charge is -2.18. The Bertz CT molecular complexity index is 707. The Morgan fingerprint density at radius 3 is 3.00 bits per heavy atom. The first-order valence-corrected chi connectivity index (χ1v) is 6.88. The molecule has 0 aliphatic rings. The zero-order valence-corrected chi connectivity index (χ0v) is 11.3. The van der Waals surface area contributed by atoms with E-state index in [-0.39, 0.29) is 6.04 Å². The van der Waals surface area contributed by atoms with Gasteiger partial charge in [0.1, 0.15) is 5.82 Å². The Kier molecular flexibility index (Phi) is 3.15. The van der Waals surface area contributed by atoms with Gasteiger partial charge in [-0.05, 0) is 36.2 Å². The third-order valence-corrected chi connectivity index (χ3v) is 3.98. The summed E-state index contributed by atoms with van der Waals surface area (Å²) in [6.07, 6.45) is 3.59. The highest BCUT2D eigenvalue weighted by Gasteiger charge is 2.16. The molecule has 19 heavy (non-hydrogen) atoms. The fourth-order valence-corrected chi connectivity index (χ4v) is 2.98. The molecule has 3 rings (SSSR count). The molecule has 0 saturated carbocycles. The fraction of sp³-hybridized carbons (Fsp3) is 0.143. The van der Waals surface area contributed by atoms with Crippen molar-refractivity contribution >= 4 is 27.4 Å². The summed E-state index contributed by atoms with van der Waals surface area (Å²) in [5, 5.41) is 5.33. The van der Waals surface area contributed by atoms with Crippen molar-refractivity contribution < 1.29 is 0 Å². The van der Waals surface area contributed by atoms with E-state index in [4.69, 9.17) is 5.73 Å². The Morgan fingerprint density at radius 2 is 2.21 bits per heavy atom. The van der Waals surface area contributed by atoms with E-state index in [1.54, 1.807) is 17.5 Å². The third kappa shape index (κ3) is 2.18. The van der Waals surface area contributed by atoms with Crippen molar-refractivity contribution in [2.24, 2.45) is 0 Å². The van der Waals surface area contributed by atoms with Crippen molar-refractivity contribution in [3.8, 4) is 0 Å². The van der Waals surface area contributed by atoms with Crippen LogP contribution in [0.5, 0.6) is 0 Å². The maximum absolute atomic E-state index is 5.96. The lowest BCUT2D eigenvalue weighted by molar-refractivity contribution is 0.690. The normalized spacial score (nSPS) is 12.7. The highest BCUT2D eigenvalue weighted by Crippen LogP contribution is 2.28. The van der Waals surface area contributed by atoms with Crippen LogP contribution in [0.15, 0.2) is 42.0 Å². The first-order valence-electron chi connectivity index (χ1n) is 6.00. The molecule has 3 heterocycles. The van der Waals surface area contributed by atoms with Crippen LogP contribution in [0, 0.1) is 0 Å². The van der Waals surface area contributed by atoms with Crippen molar-refractivity contribution in [3.05, 3.63) is 53.2 Å². The number of nitrogen functional groups attached to an aromatic ring is 1. The summed E-state index contributed by atoms with van der Waals surface area (Å²) in [6, 6.07) is 8.07. The predicted molar refractivity (Wildman–Crippen MR) is 79.2 cm³/mol. The number of rotatable bonds is 3. The molecule has 1 unspecified atom stereocenters. The molecule has 0 fully saturated rings. The summed E-state index contributed by atoms with van der Waals surface area (Å²) in [7, 11) is 1.91. The van der Waals surface area contributed by atoms with Crippen LogP contribution in [0.2, 0.25) is 0 Å². The van der Waals surface area contributed by atoms with Crippen LogP contribution in [-0.4, -0.2) is 17.0 Å². The maximum atomic E-state index is 5.96. The van der Waals surface area contributed by atoms with E-state index in [2.05, 4.69) is 21.4 Å². The molecule has 0 aromatic carbocycles. The van der Waals surface area contributed by atoms with Gasteiger partial charge in [0, 0.05) is 18.0 Å². The number of thiophene rings is 1. The highest BCUT2D eigenvalue weighted by atomic mass is 32.1. The first-order chi connectivity index (χ1) is 9.29. The van der Waals surface area contributed by atoms with Gasteiger partial charge in [0.25, 0.3) is 0 Å². The number of nitrogens with one attached hydrogen (secondary N) is 1. The molecule has 4 nitrogen and oxygen atoms in total. The van der Waals surface area contributed by atoms with Gasteiger partial charge in [0.05, 0.1) is 16.3 Å². The quantitative estimate of drug-likeness (QED) is 0.768. The van der Waals surface area contributed by atoms with Crippen LogP contribution in [0.4, 0.5) is 5.82 Å². The molecule has 3 aromatic rings. The van der Waals surface area contributed by atoms with Crippen LogP contribution in [-0.2, 0) is 0 Å². The summed E-state index contributed by atoms with van der Waals surface area (Å²) in [5.74, 6) is 0.549. The van der Waals surface area contributed by atoms with E-state index in [9.17, 15) is 0 Å². The second kappa shape index (κ2) is 4.95. The maximum Gasteiger partial charge on any atom is 0.128 e. The van der Waals surface area contributed by atoms with Crippen molar-refractivity contribution in [3.63, 3.8) is 0 Å². The molecule has 1 atom stereocenters. The minimum absolute atomic E-state index is 0.00713. The molecule has 0 radical (unpaired) electrons. The molecule has 96 valence electrons. The third-order valence-electron chi connectivity index (χ3n) is 3.13. The molecule has 3 aromatic heterocycles. The molecule has 5 heteroatoms. The van der Waals surface area contributed by atoms with Gasteiger partial charge in [-0.2, -0.15) is 0 Å². The monoisotopic (exact) mass is 270 g/mol. The largest absolute Gasteiger partial charge is 0.383 e. The molecular weight excluding hydrogens is 256 g/mol. The summed E-state index contributed by atoms with van der Waals surface area (Å²) in [5.41, 5.74) is 9.06. The predicted octanol–water partition coefficient (Wildman–Crippen LogP) is 2.58. The average molecular weight is 270 g/mol. The number of anilines is 1. The van der Waals surface area contributed by atoms with Crippen LogP contribution < -0.4 is 11.1 Å². The fourth-order valence-electron chi connectivity index (χ4n) is 2.20. The van der Waals surface area contributed by atoms with Gasteiger partial charge in [0.2, 0.25) is 0 Å². The second-order valence-electron chi connectivity index (χ2n) is 4.27. The number of nitrogens with two attached hydrogens (primary N) is 1. The molecule has 0 spiro atoms. The minimum atomic E-state index is 0.00713. The van der Waals surface area contributed by atoms with Crippen LogP contribution in [0.1, 0.15) is 17.2 Å². The van der Waals surface area contributed by atoms with Gasteiger partial charge in [-0.15, -0.1) is 11.3 Å². The van der Waals surface area contributed by atoms with Gasteiger partial charge in [-0.1, -0.05) is 6.07 Å². The molecule has 3 N–H and O–H groups in total. The lowest BCUT2D eigenvalue weighted by atomic mass is 10.0. The van der Waals surface area contributed by atoms with E-state index in [1.807, 2.05) is 36.8 Å². The van der Waals surface area contributed by atoms with Crippen molar-refractivity contribution in [2.75, 3.05) is 12.8 Å². The number of pyridine rings is 2. The van der Waals surface area contributed by atoms with E-state index in [0.29, 0.717) is 5.82 Å². The summed E-state index contributed by atoms with van der Waals surface area (Å²) < 4.78 is 1.18. The van der Waals surface area contributed by atoms with E-state index < -0.39 is 0 Å². The van der Waals surface area contributed by atoms with Crippen LogP contribution in [0.3, 0.4) is 0 Å². The molecule has 0 aliphatic carbocycles. The summed E-state index contributed by atoms with van der Waals surface area (Å²) in [4.78, 5) is 8.62. The van der Waals surface area contributed by atoms with Gasteiger partial charge in [-0.25, -0.2) is 4.98 Å². The number of nitrogens with zero attached hydrogens (tertiary/aromatic N) is 2. The van der Waals surface area contributed by atoms with Gasteiger partial charge >= 0.3 is 0 Å². The van der Waals surface area contributed by atoms with E-state index >= 15 is 0 Å². The van der Waals surface area contributed by atoms with Gasteiger partial charge < -0.3 is 11.1 Å². The molecule has 0 amide bonds. The average Bonchev–Trinajstić information content (AvgIpc) is 2.89. The Hall–Kier alpha value is -1.98. The van der Waals surface area contributed by atoms with Crippen molar-refractivity contribution in [2.45, 2.75) is 6.04 Å². The van der Waals surface area contributed by atoms with E-state index in [0.717, 1.165) is 16.6 Å². The number of hydrogen-bond acceptors (Lipinski definition) is 5. The number of fused-ring (bicyclic) bond motifs is 1. The summed E-state index contributed by atoms with van der Waals surface area (Å²) in [6.45, 7) is 0. The zero-order chi connectivity index (χ0) is 13.2. The van der Waals surface area contributed by atoms with E-state index in [1.165, 1.54) is 4.70 Å². The van der Waals surface area contributed by atoms with Crippen LogP contribution >= 0.6 is 11.3 Å². The Morgan fingerprint density at radius 1 is 1.32 bits per heavy atom. The summed E-state index contributed by atoms with van der Waals surface area (Å²) >= 11 is 1.69. The SMILES string of the molecule is CNC(c1cnc2ccsc2c1)c1cccnc1N. The van der Waals surface area contributed by atoms with Gasteiger partial charge in [-0.3, -0.25) is 4.98 Å². The molecule has 0 bridgehead atoms. The number of aromatic nitrogens is 2. The van der Waals surface area contributed by atoms with Gasteiger partial charge in [0.15, 0.2) is 0 Å². The first kappa shape index (κ1) is 12.1.